The van der Waals surface area contributed by atoms with Crippen molar-refractivity contribution in [3.63, 3.8) is 0 Å². The van der Waals surface area contributed by atoms with E-state index in [-0.39, 0.29) is 0 Å². The van der Waals surface area contributed by atoms with E-state index in [4.69, 9.17) is 0 Å². The van der Waals surface area contributed by atoms with Gasteiger partial charge in [0.1, 0.15) is 0 Å². The fourth-order valence-corrected chi connectivity index (χ4v) is 2.70. The molecule has 106 valence electrons. The van der Waals surface area contributed by atoms with Gasteiger partial charge in [0.15, 0.2) is 0 Å². The Balaban J connectivity index is 0.000000147. The maximum Gasteiger partial charge on any atom is -0.0276 e. The van der Waals surface area contributed by atoms with Gasteiger partial charge < -0.3 is 0 Å². The molecule has 2 aromatic rings. The third-order valence-corrected chi connectivity index (χ3v) is 3.92. The van der Waals surface area contributed by atoms with E-state index in [0.29, 0.717) is 0 Å². The fourth-order valence-electron chi connectivity index (χ4n) is 2.70. The van der Waals surface area contributed by atoms with Crippen LogP contribution >= 0.6 is 0 Å². The summed E-state index contributed by atoms with van der Waals surface area (Å²) in [6.07, 6.45) is 9.20. The van der Waals surface area contributed by atoms with Crippen molar-refractivity contribution in [1.29, 1.82) is 0 Å². The lowest BCUT2D eigenvalue weighted by Gasteiger charge is -2.13. The summed E-state index contributed by atoms with van der Waals surface area (Å²) < 4.78 is 0. The molecule has 1 aliphatic rings. The van der Waals surface area contributed by atoms with Crippen molar-refractivity contribution in [2.45, 2.75) is 51.9 Å². The molecule has 3 rings (SSSR count). The van der Waals surface area contributed by atoms with Crippen molar-refractivity contribution in [3.05, 3.63) is 71.3 Å². The van der Waals surface area contributed by atoms with E-state index in [1.165, 1.54) is 50.5 Å². The molecular weight excluding hydrogens is 240 g/mol. The Bertz CT molecular complexity index is 459. The molecule has 20 heavy (non-hydrogen) atoms. The van der Waals surface area contributed by atoms with Crippen LogP contribution in [0.1, 0.15) is 49.3 Å². The second-order valence-electron chi connectivity index (χ2n) is 5.56. The van der Waals surface area contributed by atoms with Gasteiger partial charge in [0.05, 0.1) is 0 Å². The predicted octanol–water partition coefficient (Wildman–Crippen LogP) is 5.59. The SMILES string of the molecule is CCCCc1ccccc1.c1ccc2c(c1)CCCC2. The Morgan fingerprint density at radius 2 is 1.30 bits per heavy atom. The van der Waals surface area contributed by atoms with Gasteiger partial charge in [-0.15, -0.1) is 0 Å². The minimum Gasteiger partial charge on any atom is -0.0654 e. The van der Waals surface area contributed by atoms with Gasteiger partial charge in [-0.2, -0.15) is 0 Å². The van der Waals surface area contributed by atoms with Crippen molar-refractivity contribution in [2.75, 3.05) is 0 Å². The van der Waals surface area contributed by atoms with Crippen LogP contribution in [0.4, 0.5) is 0 Å². The van der Waals surface area contributed by atoms with Crippen LogP contribution in [0.5, 0.6) is 0 Å². The Labute approximate surface area is 123 Å². The molecule has 0 bridgehead atoms. The first kappa shape index (κ1) is 14.8. The van der Waals surface area contributed by atoms with Crippen molar-refractivity contribution in [3.8, 4) is 0 Å². The number of hydrogen-bond acceptors (Lipinski definition) is 0. The van der Waals surface area contributed by atoms with Crippen LogP contribution in [0.2, 0.25) is 0 Å². The normalized spacial score (nSPS) is 13.1. The zero-order valence-electron chi connectivity index (χ0n) is 12.6. The first-order chi connectivity index (χ1) is 9.90. The lowest BCUT2D eigenvalue weighted by molar-refractivity contribution is 0.685. The minimum atomic E-state index is 1.23. The molecule has 0 saturated heterocycles. The maximum absolute atomic E-state index is 2.26. The van der Waals surface area contributed by atoms with Crippen LogP contribution in [0.25, 0.3) is 0 Å². The summed E-state index contributed by atoms with van der Waals surface area (Å²) in [5, 5.41) is 0. The highest BCUT2D eigenvalue weighted by Gasteiger charge is 2.05. The van der Waals surface area contributed by atoms with Gasteiger partial charge >= 0.3 is 0 Å². The molecule has 0 N–H and O–H groups in total. The molecule has 0 aliphatic heterocycles. The summed E-state index contributed by atoms with van der Waals surface area (Å²) in [6, 6.07) is 19.5. The zero-order valence-corrected chi connectivity index (χ0v) is 12.6. The van der Waals surface area contributed by atoms with E-state index in [1.54, 1.807) is 11.1 Å². The van der Waals surface area contributed by atoms with Crippen LogP contribution in [0, 0.1) is 0 Å². The summed E-state index contributed by atoms with van der Waals surface area (Å²) >= 11 is 0. The first-order valence-corrected chi connectivity index (χ1v) is 8.01. The van der Waals surface area contributed by atoms with E-state index in [0.717, 1.165) is 0 Å². The number of hydrogen-bond donors (Lipinski definition) is 0. The molecule has 1 aliphatic carbocycles. The van der Waals surface area contributed by atoms with Crippen LogP contribution in [0.15, 0.2) is 54.6 Å². The van der Waals surface area contributed by atoms with E-state index in [1.807, 2.05) is 0 Å². The van der Waals surface area contributed by atoms with Crippen LogP contribution in [-0.2, 0) is 19.3 Å². The van der Waals surface area contributed by atoms with Gasteiger partial charge in [-0.3, -0.25) is 0 Å². The Kier molecular flexibility index (Phi) is 6.37. The topological polar surface area (TPSA) is 0 Å². The quantitative estimate of drug-likeness (QED) is 0.679. The molecule has 0 fully saturated rings. The van der Waals surface area contributed by atoms with E-state index in [9.17, 15) is 0 Å². The molecular formula is C20H26. The standard InChI is InChI=1S/C10H12.C10H14/c1-2-6-10-8-4-3-7-9(10)5-1;1-2-3-7-10-8-5-4-6-9-10/h1-2,5-6H,3-4,7-8H2;4-6,8-9H,2-3,7H2,1H3. The summed E-state index contributed by atoms with van der Waals surface area (Å²) in [5.41, 5.74) is 4.62. The lowest BCUT2D eigenvalue weighted by atomic mass is 9.92. The smallest absolute Gasteiger partial charge is 0.0276 e. The van der Waals surface area contributed by atoms with Gasteiger partial charge in [0.2, 0.25) is 0 Å². The van der Waals surface area contributed by atoms with E-state index < -0.39 is 0 Å². The van der Waals surface area contributed by atoms with Gasteiger partial charge in [0, 0.05) is 0 Å². The molecule has 0 saturated carbocycles. The van der Waals surface area contributed by atoms with Crippen molar-refractivity contribution < 1.29 is 0 Å². The fraction of sp³-hybridized carbons (Fsp3) is 0.400. The minimum absolute atomic E-state index is 1.23. The highest BCUT2D eigenvalue weighted by molar-refractivity contribution is 5.28. The van der Waals surface area contributed by atoms with Gasteiger partial charge in [0.25, 0.3) is 0 Å². The van der Waals surface area contributed by atoms with Crippen LogP contribution < -0.4 is 0 Å². The third kappa shape index (κ3) is 4.85. The largest absolute Gasteiger partial charge is 0.0654 e. The first-order valence-electron chi connectivity index (χ1n) is 8.01. The van der Waals surface area contributed by atoms with Crippen LogP contribution in [0.3, 0.4) is 0 Å². The van der Waals surface area contributed by atoms with Crippen molar-refractivity contribution >= 4 is 0 Å². The number of benzene rings is 2. The highest BCUT2D eigenvalue weighted by Crippen LogP contribution is 2.19. The van der Waals surface area contributed by atoms with Crippen molar-refractivity contribution in [1.82, 2.24) is 0 Å². The average molecular weight is 266 g/mol. The van der Waals surface area contributed by atoms with Gasteiger partial charge in [-0.25, -0.2) is 0 Å². The Morgan fingerprint density at radius 1 is 0.750 bits per heavy atom. The zero-order chi connectivity index (χ0) is 14.0. The van der Waals surface area contributed by atoms with Crippen molar-refractivity contribution in [2.24, 2.45) is 0 Å². The lowest BCUT2D eigenvalue weighted by Crippen LogP contribution is -2.00. The van der Waals surface area contributed by atoms with E-state index in [2.05, 4.69) is 61.5 Å². The summed E-state index contributed by atoms with van der Waals surface area (Å²) in [4.78, 5) is 0. The number of aryl methyl sites for hydroxylation is 3. The molecule has 0 heteroatoms. The summed E-state index contributed by atoms with van der Waals surface area (Å²) in [5.74, 6) is 0. The molecule has 0 unspecified atom stereocenters. The average Bonchev–Trinajstić information content (AvgIpc) is 2.55. The number of rotatable bonds is 3. The second kappa shape index (κ2) is 8.58. The molecule has 2 aromatic carbocycles. The highest BCUT2D eigenvalue weighted by atomic mass is 14.1. The molecule has 0 amide bonds. The molecule has 0 radical (unpaired) electrons. The third-order valence-electron chi connectivity index (χ3n) is 3.92. The monoisotopic (exact) mass is 266 g/mol. The Hall–Kier alpha value is -1.56. The molecule has 0 nitrogen and oxygen atoms in total. The second-order valence-corrected chi connectivity index (χ2v) is 5.56. The number of unbranched alkanes of at least 4 members (excludes halogenated alkanes) is 1. The molecule has 0 aromatic heterocycles. The maximum atomic E-state index is 2.26. The number of fused-ring (bicyclic) bond motifs is 1. The summed E-state index contributed by atoms with van der Waals surface area (Å²) in [7, 11) is 0. The molecule has 0 spiro atoms. The predicted molar refractivity (Wildman–Crippen MR) is 88.1 cm³/mol. The molecule has 0 atom stereocenters. The van der Waals surface area contributed by atoms with Gasteiger partial charge in [-0.05, 0) is 55.2 Å². The Morgan fingerprint density at radius 3 is 1.85 bits per heavy atom. The summed E-state index contributed by atoms with van der Waals surface area (Å²) in [6.45, 7) is 2.23. The van der Waals surface area contributed by atoms with Gasteiger partial charge in [-0.1, -0.05) is 67.9 Å². The van der Waals surface area contributed by atoms with Crippen LogP contribution in [-0.4, -0.2) is 0 Å². The molecule has 0 heterocycles. The van der Waals surface area contributed by atoms with E-state index >= 15 is 0 Å².